The van der Waals surface area contributed by atoms with E-state index in [9.17, 15) is 24.8 Å². The first-order chi connectivity index (χ1) is 17.1. The van der Waals surface area contributed by atoms with Crippen LogP contribution < -0.4 is 19.8 Å². The number of fused-ring (bicyclic) bond motifs is 1. The van der Waals surface area contributed by atoms with Gasteiger partial charge in [0.1, 0.15) is 5.75 Å². The quantitative estimate of drug-likeness (QED) is 0.308. The van der Waals surface area contributed by atoms with Crippen LogP contribution in [0.4, 0.5) is 11.4 Å². The highest BCUT2D eigenvalue weighted by Crippen LogP contribution is 2.31. The fraction of sp³-hybridized carbons (Fsp3) is 0.240. The summed E-state index contributed by atoms with van der Waals surface area (Å²) in [4.78, 5) is 44.0. The second-order valence-electron chi connectivity index (χ2n) is 8.29. The molecule has 3 aromatic rings. The number of phenols is 1. The monoisotopic (exact) mass is 508 g/mol. The number of rotatable bonds is 6. The molecular weight excluding hydrogens is 484 g/mol. The van der Waals surface area contributed by atoms with Gasteiger partial charge in [-0.25, -0.2) is 9.79 Å². The van der Waals surface area contributed by atoms with Crippen molar-refractivity contribution in [3.05, 3.63) is 94.7 Å². The summed E-state index contributed by atoms with van der Waals surface area (Å²) in [5, 5.41) is 21.4. The number of ether oxygens (including phenoxy) is 1. The van der Waals surface area contributed by atoms with Gasteiger partial charge in [0, 0.05) is 37.5 Å². The second kappa shape index (κ2) is 9.78. The molecule has 2 heterocycles. The summed E-state index contributed by atoms with van der Waals surface area (Å²) in [5.41, 5.74) is 1.80. The molecule has 0 unspecified atom stereocenters. The maximum atomic E-state index is 13.6. The molecule has 186 valence electrons. The number of phenolic OH excluding ortho intramolecular Hbond substituents is 1. The molecule has 0 saturated heterocycles. The van der Waals surface area contributed by atoms with Gasteiger partial charge in [-0.1, -0.05) is 23.5 Å². The fourth-order valence-corrected chi connectivity index (χ4v) is 5.01. The van der Waals surface area contributed by atoms with Crippen LogP contribution in [0, 0.1) is 10.1 Å². The number of anilines is 1. The molecule has 36 heavy (non-hydrogen) atoms. The molecule has 0 spiro atoms. The number of thiazole rings is 1. The Labute approximate surface area is 209 Å². The molecule has 0 bridgehead atoms. The molecule has 1 aliphatic heterocycles. The zero-order valence-corrected chi connectivity index (χ0v) is 20.9. The number of esters is 1. The van der Waals surface area contributed by atoms with Crippen LogP contribution in [-0.2, 0) is 9.53 Å². The normalized spacial score (nSPS) is 15.3. The standard InChI is InChI=1S/C25H24N4O6S/c1-5-35-24(32)21-14(2)26-25-28(22(21)15-6-8-17(9-7-15)27(3)4)23(31)20(36-25)13-16-12-18(29(33)34)10-11-19(16)30/h6-13,22,30H,5H2,1-4H3/b20-13-/t22-/m1/s1. The fourth-order valence-electron chi connectivity index (χ4n) is 3.97. The van der Waals surface area contributed by atoms with E-state index in [0.717, 1.165) is 17.0 Å². The van der Waals surface area contributed by atoms with Crippen molar-refractivity contribution in [3.63, 3.8) is 0 Å². The van der Waals surface area contributed by atoms with E-state index in [0.29, 0.717) is 16.1 Å². The van der Waals surface area contributed by atoms with Gasteiger partial charge >= 0.3 is 5.97 Å². The number of aromatic nitrogens is 1. The van der Waals surface area contributed by atoms with Crippen molar-refractivity contribution in [2.75, 3.05) is 25.6 Å². The van der Waals surface area contributed by atoms with E-state index >= 15 is 0 Å². The molecule has 0 amide bonds. The zero-order chi connectivity index (χ0) is 26.1. The van der Waals surface area contributed by atoms with Crippen LogP contribution in [0.15, 0.2) is 63.5 Å². The molecule has 1 aliphatic rings. The van der Waals surface area contributed by atoms with Gasteiger partial charge in [-0.3, -0.25) is 19.5 Å². The number of nitro benzene ring substituents is 1. The Morgan fingerprint density at radius 2 is 1.97 bits per heavy atom. The summed E-state index contributed by atoms with van der Waals surface area (Å²) < 4.78 is 6.92. The van der Waals surface area contributed by atoms with E-state index in [4.69, 9.17) is 4.74 Å². The van der Waals surface area contributed by atoms with Gasteiger partial charge in [0.05, 0.1) is 33.4 Å². The van der Waals surface area contributed by atoms with Crippen molar-refractivity contribution >= 4 is 34.8 Å². The van der Waals surface area contributed by atoms with E-state index < -0.39 is 22.5 Å². The molecule has 4 rings (SSSR count). The Kier molecular flexibility index (Phi) is 6.75. The van der Waals surface area contributed by atoms with Crippen LogP contribution in [0.1, 0.15) is 31.0 Å². The number of carbonyl (C=O) groups excluding carboxylic acids is 1. The minimum absolute atomic E-state index is 0.127. The summed E-state index contributed by atoms with van der Waals surface area (Å²) in [6, 6.07) is 10.3. The highest BCUT2D eigenvalue weighted by molar-refractivity contribution is 7.07. The Morgan fingerprint density at radius 3 is 2.58 bits per heavy atom. The maximum Gasteiger partial charge on any atom is 0.338 e. The van der Waals surface area contributed by atoms with Gasteiger partial charge in [-0.05, 0) is 43.7 Å². The number of non-ortho nitro benzene ring substituents is 1. The molecule has 1 aromatic heterocycles. The number of nitro groups is 1. The Hall–Kier alpha value is -4.25. The molecule has 0 aliphatic carbocycles. The lowest BCUT2D eigenvalue weighted by molar-refractivity contribution is -0.384. The van der Waals surface area contributed by atoms with Crippen molar-refractivity contribution in [1.82, 2.24) is 4.57 Å². The maximum absolute atomic E-state index is 13.6. The number of aromatic hydroxyl groups is 1. The third kappa shape index (κ3) is 4.52. The van der Waals surface area contributed by atoms with Crippen LogP contribution in [-0.4, -0.2) is 41.3 Å². The summed E-state index contributed by atoms with van der Waals surface area (Å²) in [6.07, 6.45) is 1.39. The summed E-state index contributed by atoms with van der Waals surface area (Å²) in [5.74, 6) is -0.767. The number of hydrogen-bond acceptors (Lipinski definition) is 9. The second-order valence-corrected chi connectivity index (χ2v) is 9.30. The molecule has 0 fully saturated rings. The molecule has 2 aromatic carbocycles. The topological polar surface area (TPSA) is 127 Å². The highest BCUT2D eigenvalue weighted by atomic mass is 32.1. The largest absolute Gasteiger partial charge is 0.507 e. The smallest absolute Gasteiger partial charge is 0.338 e. The zero-order valence-electron chi connectivity index (χ0n) is 20.1. The lowest BCUT2D eigenvalue weighted by Crippen LogP contribution is -2.39. The Bertz CT molecular complexity index is 1570. The molecule has 0 saturated carbocycles. The predicted molar refractivity (Wildman–Crippen MR) is 136 cm³/mol. The number of benzene rings is 2. The summed E-state index contributed by atoms with van der Waals surface area (Å²) in [6.45, 7) is 3.56. The van der Waals surface area contributed by atoms with E-state index in [1.165, 1.54) is 28.8 Å². The molecule has 0 radical (unpaired) electrons. The first-order valence-electron chi connectivity index (χ1n) is 11.1. The number of carbonyl (C=O) groups is 1. The first kappa shape index (κ1) is 24.9. The van der Waals surface area contributed by atoms with Gasteiger partial charge < -0.3 is 14.7 Å². The number of nitrogens with zero attached hydrogens (tertiary/aromatic N) is 4. The van der Waals surface area contributed by atoms with Crippen molar-refractivity contribution in [1.29, 1.82) is 0 Å². The van der Waals surface area contributed by atoms with Gasteiger partial charge in [-0.2, -0.15) is 0 Å². The lowest BCUT2D eigenvalue weighted by Gasteiger charge is -2.25. The predicted octanol–water partition coefficient (Wildman–Crippen LogP) is 2.48. The van der Waals surface area contributed by atoms with E-state index in [-0.39, 0.29) is 33.7 Å². The van der Waals surface area contributed by atoms with Crippen LogP contribution in [0.3, 0.4) is 0 Å². The third-order valence-corrected chi connectivity index (χ3v) is 6.73. The summed E-state index contributed by atoms with van der Waals surface area (Å²) in [7, 11) is 3.82. The van der Waals surface area contributed by atoms with Gasteiger partial charge in [0.2, 0.25) is 0 Å². The molecule has 11 heteroatoms. The molecule has 10 nitrogen and oxygen atoms in total. The molecule has 1 atom stereocenters. The average molecular weight is 509 g/mol. The lowest BCUT2D eigenvalue weighted by atomic mass is 9.95. The Morgan fingerprint density at radius 1 is 1.28 bits per heavy atom. The number of hydrogen-bond donors (Lipinski definition) is 1. The van der Waals surface area contributed by atoms with Crippen molar-refractivity contribution in [2.45, 2.75) is 19.9 Å². The van der Waals surface area contributed by atoms with Crippen LogP contribution in [0.25, 0.3) is 6.08 Å². The van der Waals surface area contributed by atoms with Gasteiger partial charge in [0.25, 0.3) is 11.2 Å². The molecule has 1 N–H and O–H groups in total. The van der Waals surface area contributed by atoms with Gasteiger partial charge in [-0.15, -0.1) is 0 Å². The average Bonchev–Trinajstić information content (AvgIpc) is 3.14. The minimum Gasteiger partial charge on any atom is -0.507 e. The summed E-state index contributed by atoms with van der Waals surface area (Å²) >= 11 is 1.07. The minimum atomic E-state index is -0.780. The van der Waals surface area contributed by atoms with E-state index in [2.05, 4.69) is 4.99 Å². The van der Waals surface area contributed by atoms with Crippen LogP contribution in [0.5, 0.6) is 5.75 Å². The molecular formula is C25H24N4O6S. The first-order valence-corrected chi connectivity index (χ1v) is 11.9. The van der Waals surface area contributed by atoms with Gasteiger partial charge in [0.15, 0.2) is 4.80 Å². The SMILES string of the molecule is CCOC(=O)C1=C(C)N=c2s/c(=C\c3cc([N+](=O)[O-])ccc3O)c(=O)n2[C@@H]1c1ccc(N(C)C)cc1. The van der Waals surface area contributed by atoms with E-state index in [1.54, 1.807) is 13.8 Å². The Balaban J connectivity index is 1.95. The van der Waals surface area contributed by atoms with Crippen molar-refractivity contribution < 1.29 is 19.6 Å². The van der Waals surface area contributed by atoms with Crippen LogP contribution in [0.2, 0.25) is 0 Å². The van der Waals surface area contributed by atoms with Crippen LogP contribution >= 0.6 is 11.3 Å². The van der Waals surface area contributed by atoms with Crippen molar-refractivity contribution in [2.24, 2.45) is 4.99 Å². The van der Waals surface area contributed by atoms with E-state index in [1.807, 2.05) is 43.3 Å². The highest BCUT2D eigenvalue weighted by Gasteiger charge is 2.33. The van der Waals surface area contributed by atoms with Crippen molar-refractivity contribution in [3.8, 4) is 5.75 Å². The number of allylic oxidation sites excluding steroid dienone is 1. The third-order valence-electron chi connectivity index (χ3n) is 5.75.